The highest BCUT2D eigenvalue weighted by atomic mass is 16.2. The van der Waals surface area contributed by atoms with E-state index in [1.165, 1.54) is 11.1 Å². The molecule has 1 saturated heterocycles. The van der Waals surface area contributed by atoms with Crippen molar-refractivity contribution in [3.63, 3.8) is 0 Å². The van der Waals surface area contributed by atoms with Gasteiger partial charge in [-0.25, -0.2) is 0 Å². The summed E-state index contributed by atoms with van der Waals surface area (Å²) in [6.07, 6.45) is 3.64. The second kappa shape index (κ2) is 10.6. The number of piperazine rings is 1. The van der Waals surface area contributed by atoms with Crippen molar-refractivity contribution < 1.29 is 14.4 Å². The van der Waals surface area contributed by atoms with Gasteiger partial charge in [0.2, 0.25) is 17.7 Å². The molecule has 2 aliphatic rings. The lowest BCUT2D eigenvalue weighted by molar-refractivity contribution is -0.158. The Kier molecular flexibility index (Phi) is 7.19. The Hall–Kier alpha value is -3.74. The third-order valence-electron chi connectivity index (χ3n) is 7.61. The molecule has 2 heterocycles. The van der Waals surface area contributed by atoms with Crippen LogP contribution in [0, 0.1) is 11.8 Å². The maximum atomic E-state index is 14.4. The highest BCUT2D eigenvalue weighted by Gasteiger charge is 2.49. The molecule has 2 aromatic carbocycles. The summed E-state index contributed by atoms with van der Waals surface area (Å²) in [5.41, 5.74) is 3.91. The zero-order chi connectivity index (χ0) is 27.0. The number of carbonyl (C=O) groups is 3. The number of nitrogens with zero attached hydrogens (tertiary/aromatic N) is 2. The lowest BCUT2D eigenvalue weighted by Gasteiger charge is -2.45. The molecule has 7 heteroatoms. The van der Waals surface area contributed by atoms with Crippen LogP contribution in [0.5, 0.6) is 0 Å². The van der Waals surface area contributed by atoms with Gasteiger partial charge in [0, 0.05) is 17.6 Å². The van der Waals surface area contributed by atoms with Crippen LogP contribution < -0.4 is 10.6 Å². The van der Waals surface area contributed by atoms with Crippen molar-refractivity contribution >= 4 is 28.6 Å². The lowest BCUT2D eigenvalue weighted by atomic mass is 9.87. The predicted octanol–water partition coefficient (Wildman–Crippen LogP) is 3.96. The molecular weight excluding hydrogens is 476 g/mol. The number of aromatic nitrogens is 1. The zero-order valence-corrected chi connectivity index (χ0v) is 22.5. The molecule has 0 saturated carbocycles. The Morgan fingerprint density at radius 3 is 2.39 bits per heavy atom. The molecule has 198 valence electrons. The minimum atomic E-state index is -0.935. The molecule has 3 aromatic rings. The van der Waals surface area contributed by atoms with Crippen molar-refractivity contribution in [2.75, 3.05) is 0 Å². The Balaban J connectivity index is 1.58. The van der Waals surface area contributed by atoms with Crippen molar-refractivity contribution in [2.24, 2.45) is 11.8 Å². The van der Waals surface area contributed by atoms with Gasteiger partial charge in [0.25, 0.3) is 0 Å². The van der Waals surface area contributed by atoms with Crippen LogP contribution in [0.25, 0.3) is 10.9 Å². The average Bonchev–Trinajstić information content (AvgIpc) is 3.31. The summed E-state index contributed by atoms with van der Waals surface area (Å²) in [6.45, 7) is 7.85. The first kappa shape index (κ1) is 25.9. The number of benzene rings is 2. The third kappa shape index (κ3) is 5.02. The van der Waals surface area contributed by atoms with Gasteiger partial charge in [-0.2, -0.15) is 0 Å². The summed E-state index contributed by atoms with van der Waals surface area (Å²) in [6, 6.07) is 15.1. The monoisotopic (exact) mass is 512 g/mol. The minimum Gasteiger partial charge on any atom is -0.352 e. The lowest BCUT2D eigenvalue weighted by Crippen LogP contribution is -2.67. The number of nitrogens with one attached hydrogen (secondary N) is 2. The zero-order valence-electron chi connectivity index (χ0n) is 22.5. The van der Waals surface area contributed by atoms with E-state index in [0.29, 0.717) is 12.0 Å². The Labute approximate surface area is 224 Å². The molecule has 7 nitrogen and oxygen atoms in total. The Bertz CT molecular complexity index is 1340. The Morgan fingerprint density at radius 1 is 1.03 bits per heavy atom. The van der Waals surface area contributed by atoms with Gasteiger partial charge in [0.1, 0.15) is 18.1 Å². The molecule has 1 aliphatic carbocycles. The minimum absolute atomic E-state index is 0.0547. The maximum Gasteiger partial charge on any atom is 0.247 e. The van der Waals surface area contributed by atoms with Crippen LogP contribution in [-0.4, -0.2) is 45.7 Å². The molecule has 3 atom stereocenters. The fourth-order valence-corrected chi connectivity index (χ4v) is 5.94. The van der Waals surface area contributed by atoms with E-state index in [0.717, 1.165) is 23.7 Å². The number of rotatable bonds is 7. The second-order valence-corrected chi connectivity index (χ2v) is 11.3. The van der Waals surface area contributed by atoms with Crippen LogP contribution >= 0.6 is 0 Å². The van der Waals surface area contributed by atoms with Crippen molar-refractivity contribution in [2.45, 2.75) is 71.1 Å². The maximum absolute atomic E-state index is 14.4. The van der Waals surface area contributed by atoms with Gasteiger partial charge >= 0.3 is 0 Å². The quantitative estimate of drug-likeness (QED) is 0.501. The van der Waals surface area contributed by atoms with E-state index in [4.69, 9.17) is 0 Å². The molecule has 1 fully saturated rings. The van der Waals surface area contributed by atoms with Crippen LogP contribution in [0.1, 0.15) is 56.8 Å². The molecule has 5 rings (SSSR count). The number of fused-ring (bicyclic) bond motifs is 2. The summed E-state index contributed by atoms with van der Waals surface area (Å²) >= 11 is 0. The van der Waals surface area contributed by atoms with Crippen molar-refractivity contribution in [3.8, 4) is 0 Å². The van der Waals surface area contributed by atoms with E-state index in [-0.39, 0.29) is 35.6 Å². The Morgan fingerprint density at radius 2 is 1.74 bits per heavy atom. The number of carbonyl (C=O) groups excluding carboxylic acids is 3. The molecule has 0 spiro atoms. The van der Waals surface area contributed by atoms with Crippen LogP contribution in [0.15, 0.2) is 60.8 Å². The van der Waals surface area contributed by atoms with Crippen LogP contribution in [0.2, 0.25) is 0 Å². The van der Waals surface area contributed by atoms with Gasteiger partial charge in [-0.3, -0.25) is 19.4 Å². The average molecular weight is 513 g/mol. The highest BCUT2D eigenvalue weighted by molar-refractivity contribution is 6.00. The number of amides is 3. The van der Waals surface area contributed by atoms with Gasteiger partial charge in [-0.15, -0.1) is 0 Å². The normalized spacial score (nSPS) is 20.6. The van der Waals surface area contributed by atoms with Crippen molar-refractivity contribution in [3.05, 3.63) is 77.5 Å². The summed E-state index contributed by atoms with van der Waals surface area (Å²) in [4.78, 5) is 47.9. The van der Waals surface area contributed by atoms with Gasteiger partial charge in [0.15, 0.2) is 0 Å². The van der Waals surface area contributed by atoms with E-state index < -0.39 is 18.1 Å². The fraction of sp³-hybridized carbons (Fsp3) is 0.419. The number of hydrogen-bond acceptors (Lipinski definition) is 4. The molecule has 38 heavy (non-hydrogen) atoms. The standard InChI is InChI=1S/C31H36N4O3/c1-18(2)14-26-29(36)34-27(24-15-20-8-5-6-9-21(20)16-24)31(38)35(26)28(30(37)33-19(3)4)23-11-12-25-22(17-23)10-7-13-32-25/h5-13,17-19,24,26-28H,14-16H2,1-4H3,(H,33,37)(H,34,36)/t26-,27-,28?/m1/s1. The summed E-state index contributed by atoms with van der Waals surface area (Å²) in [7, 11) is 0. The largest absolute Gasteiger partial charge is 0.352 e. The first-order valence-electron chi connectivity index (χ1n) is 13.6. The fourth-order valence-electron chi connectivity index (χ4n) is 5.94. The molecule has 0 bridgehead atoms. The number of hydrogen-bond donors (Lipinski definition) is 2. The van der Waals surface area contributed by atoms with E-state index in [2.05, 4.69) is 27.8 Å². The van der Waals surface area contributed by atoms with Crippen molar-refractivity contribution in [1.29, 1.82) is 0 Å². The highest BCUT2D eigenvalue weighted by Crippen LogP contribution is 2.36. The second-order valence-electron chi connectivity index (χ2n) is 11.3. The SMILES string of the molecule is CC(C)C[C@@H]1C(=O)N[C@H](C2Cc3ccccc3C2)C(=O)N1C(C(=O)NC(C)C)c1ccc2ncccc2c1. The van der Waals surface area contributed by atoms with Gasteiger partial charge in [0.05, 0.1) is 5.52 Å². The molecule has 0 radical (unpaired) electrons. The van der Waals surface area contributed by atoms with Crippen molar-refractivity contribution in [1.82, 2.24) is 20.5 Å². The molecule has 1 aliphatic heterocycles. The smallest absolute Gasteiger partial charge is 0.247 e. The molecule has 1 aromatic heterocycles. The van der Waals surface area contributed by atoms with E-state index in [1.807, 2.05) is 70.2 Å². The van der Waals surface area contributed by atoms with E-state index >= 15 is 0 Å². The van der Waals surface area contributed by atoms with Crippen LogP contribution in [-0.2, 0) is 27.2 Å². The predicted molar refractivity (Wildman–Crippen MR) is 147 cm³/mol. The van der Waals surface area contributed by atoms with Gasteiger partial charge in [-0.1, -0.05) is 50.2 Å². The summed E-state index contributed by atoms with van der Waals surface area (Å²) < 4.78 is 0. The van der Waals surface area contributed by atoms with E-state index in [1.54, 1.807) is 11.1 Å². The summed E-state index contributed by atoms with van der Waals surface area (Å²) in [5.74, 6) is -0.565. The molecule has 1 unspecified atom stereocenters. The molecule has 3 amide bonds. The topological polar surface area (TPSA) is 91.4 Å². The van der Waals surface area contributed by atoms with Gasteiger partial charge < -0.3 is 15.5 Å². The number of pyridine rings is 1. The molecule has 2 N–H and O–H groups in total. The summed E-state index contributed by atoms with van der Waals surface area (Å²) in [5, 5.41) is 6.97. The first-order chi connectivity index (χ1) is 18.2. The molecular formula is C31H36N4O3. The third-order valence-corrected chi connectivity index (χ3v) is 7.61. The van der Waals surface area contributed by atoms with Gasteiger partial charge in [-0.05, 0) is 79.8 Å². The van der Waals surface area contributed by atoms with Crippen LogP contribution in [0.4, 0.5) is 0 Å². The first-order valence-corrected chi connectivity index (χ1v) is 13.6. The van der Waals surface area contributed by atoms with Crippen LogP contribution in [0.3, 0.4) is 0 Å². The van der Waals surface area contributed by atoms with E-state index in [9.17, 15) is 14.4 Å².